The van der Waals surface area contributed by atoms with E-state index in [0.717, 1.165) is 31.1 Å². The molecule has 0 aliphatic heterocycles. The summed E-state index contributed by atoms with van der Waals surface area (Å²) >= 11 is 5.22. The largest absolute Gasteiger partial charge is 0.379 e. The summed E-state index contributed by atoms with van der Waals surface area (Å²) in [6, 6.07) is 8.35. The Bertz CT molecular complexity index is 506. The van der Waals surface area contributed by atoms with Gasteiger partial charge in [-0.05, 0) is 54.0 Å². The first-order chi connectivity index (χ1) is 9.22. The number of hydrogen-bond acceptors (Lipinski definition) is 4. The SMILES string of the molecule is CCN(CC)c1ccc(NCc2ccc(Br)s2)cn1. The van der Waals surface area contributed by atoms with Crippen molar-refractivity contribution in [3.05, 3.63) is 39.1 Å². The highest BCUT2D eigenvalue weighted by atomic mass is 79.9. The first-order valence-electron chi connectivity index (χ1n) is 6.42. The highest BCUT2D eigenvalue weighted by molar-refractivity contribution is 9.11. The second-order valence-corrected chi connectivity index (χ2v) is 6.68. The van der Waals surface area contributed by atoms with E-state index in [0.29, 0.717) is 0 Å². The minimum absolute atomic E-state index is 0.836. The fourth-order valence-corrected chi connectivity index (χ4v) is 3.28. The third-order valence-electron chi connectivity index (χ3n) is 2.93. The number of thiophene rings is 1. The molecule has 0 amide bonds. The Morgan fingerprint density at radius 3 is 2.53 bits per heavy atom. The van der Waals surface area contributed by atoms with E-state index < -0.39 is 0 Å². The van der Waals surface area contributed by atoms with Gasteiger partial charge >= 0.3 is 0 Å². The van der Waals surface area contributed by atoms with Crippen molar-refractivity contribution in [1.29, 1.82) is 0 Å². The first kappa shape index (κ1) is 14.3. The van der Waals surface area contributed by atoms with E-state index in [1.54, 1.807) is 11.3 Å². The zero-order valence-electron chi connectivity index (χ0n) is 11.2. The molecule has 2 rings (SSSR count). The molecule has 2 heterocycles. The van der Waals surface area contributed by atoms with Gasteiger partial charge in [-0.3, -0.25) is 0 Å². The van der Waals surface area contributed by atoms with Gasteiger partial charge in [-0.15, -0.1) is 11.3 Å². The van der Waals surface area contributed by atoms with Crippen LogP contribution in [0.15, 0.2) is 34.2 Å². The van der Waals surface area contributed by atoms with Crippen molar-refractivity contribution < 1.29 is 0 Å². The number of aromatic nitrogens is 1. The van der Waals surface area contributed by atoms with E-state index in [2.05, 4.69) is 69.2 Å². The molecule has 0 saturated heterocycles. The molecule has 2 aromatic heterocycles. The number of pyridine rings is 1. The normalized spacial score (nSPS) is 10.5. The van der Waals surface area contributed by atoms with E-state index in [9.17, 15) is 0 Å². The van der Waals surface area contributed by atoms with Gasteiger partial charge in [0.25, 0.3) is 0 Å². The van der Waals surface area contributed by atoms with Crippen LogP contribution in [0.2, 0.25) is 0 Å². The van der Waals surface area contributed by atoms with Gasteiger partial charge in [-0.25, -0.2) is 4.98 Å². The van der Waals surface area contributed by atoms with E-state index in [1.165, 1.54) is 8.66 Å². The lowest BCUT2D eigenvalue weighted by molar-refractivity contribution is 0.846. The van der Waals surface area contributed by atoms with Crippen molar-refractivity contribution in [2.45, 2.75) is 20.4 Å². The summed E-state index contributed by atoms with van der Waals surface area (Å²) in [5, 5.41) is 3.39. The quantitative estimate of drug-likeness (QED) is 0.847. The molecule has 0 spiro atoms. The fourth-order valence-electron chi connectivity index (χ4n) is 1.86. The molecule has 0 bridgehead atoms. The van der Waals surface area contributed by atoms with Crippen LogP contribution in [-0.4, -0.2) is 18.1 Å². The number of hydrogen-bond donors (Lipinski definition) is 1. The van der Waals surface area contributed by atoms with Crippen LogP contribution in [-0.2, 0) is 6.54 Å². The highest BCUT2D eigenvalue weighted by Crippen LogP contribution is 2.23. The van der Waals surface area contributed by atoms with Crippen LogP contribution >= 0.6 is 27.3 Å². The Labute approximate surface area is 126 Å². The van der Waals surface area contributed by atoms with E-state index in [-0.39, 0.29) is 0 Å². The molecule has 0 saturated carbocycles. The maximum Gasteiger partial charge on any atom is 0.128 e. The van der Waals surface area contributed by atoms with E-state index in [4.69, 9.17) is 0 Å². The van der Waals surface area contributed by atoms with Gasteiger partial charge in [-0.1, -0.05) is 0 Å². The van der Waals surface area contributed by atoms with Gasteiger partial charge in [0.15, 0.2) is 0 Å². The molecule has 19 heavy (non-hydrogen) atoms. The van der Waals surface area contributed by atoms with Crippen molar-refractivity contribution in [1.82, 2.24) is 4.98 Å². The van der Waals surface area contributed by atoms with Crippen molar-refractivity contribution >= 4 is 38.8 Å². The molecule has 3 nitrogen and oxygen atoms in total. The van der Waals surface area contributed by atoms with Crippen molar-refractivity contribution in [3.63, 3.8) is 0 Å². The highest BCUT2D eigenvalue weighted by Gasteiger charge is 2.03. The number of nitrogens with one attached hydrogen (secondary N) is 1. The van der Waals surface area contributed by atoms with Crippen LogP contribution in [0.25, 0.3) is 0 Å². The molecule has 0 fully saturated rings. The van der Waals surface area contributed by atoms with Gasteiger partial charge < -0.3 is 10.2 Å². The Morgan fingerprint density at radius 1 is 1.21 bits per heavy atom. The van der Waals surface area contributed by atoms with Crippen LogP contribution in [0.4, 0.5) is 11.5 Å². The van der Waals surface area contributed by atoms with Gasteiger partial charge in [-0.2, -0.15) is 0 Å². The smallest absolute Gasteiger partial charge is 0.128 e. The van der Waals surface area contributed by atoms with Crippen molar-refractivity contribution in [2.75, 3.05) is 23.3 Å². The van der Waals surface area contributed by atoms with Gasteiger partial charge in [0.2, 0.25) is 0 Å². The molecule has 5 heteroatoms. The lowest BCUT2D eigenvalue weighted by atomic mass is 10.3. The molecular weight excluding hydrogens is 322 g/mol. The van der Waals surface area contributed by atoms with Gasteiger partial charge in [0.1, 0.15) is 5.82 Å². The minimum Gasteiger partial charge on any atom is -0.379 e. The van der Waals surface area contributed by atoms with E-state index >= 15 is 0 Å². The summed E-state index contributed by atoms with van der Waals surface area (Å²) in [6.45, 7) is 7.10. The lowest BCUT2D eigenvalue weighted by Gasteiger charge is -2.19. The summed E-state index contributed by atoms with van der Waals surface area (Å²) in [5.74, 6) is 1.04. The standard InChI is InChI=1S/C14H18BrN3S/c1-3-18(4-2)14-8-5-11(9-17-14)16-10-12-6-7-13(15)19-12/h5-9,16H,3-4,10H2,1-2H3. The topological polar surface area (TPSA) is 28.2 Å². The van der Waals surface area contributed by atoms with Crippen LogP contribution in [0, 0.1) is 0 Å². The summed E-state index contributed by atoms with van der Waals surface area (Å²) in [7, 11) is 0. The predicted molar refractivity (Wildman–Crippen MR) is 87.1 cm³/mol. The van der Waals surface area contributed by atoms with Crippen LogP contribution < -0.4 is 10.2 Å². The average molecular weight is 340 g/mol. The second kappa shape index (κ2) is 6.91. The monoisotopic (exact) mass is 339 g/mol. The molecule has 0 aliphatic carbocycles. The second-order valence-electron chi connectivity index (χ2n) is 4.14. The Hall–Kier alpha value is -1.07. The number of rotatable bonds is 6. The summed E-state index contributed by atoms with van der Waals surface area (Å²) < 4.78 is 1.17. The average Bonchev–Trinajstić information content (AvgIpc) is 2.85. The summed E-state index contributed by atoms with van der Waals surface area (Å²) in [6.07, 6.45) is 1.90. The summed E-state index contributed by atoms with van der Waals surface area (Å²) in [4.78, 5) is 8.04. The van der Waals surface area contributed by atoms with Crippen molar-refractivity contribution in [2.24, 2.45) is 0 Å². The fraction of sp³-hybridized carbons (Fsp3) is 0.357. The van der Waals surface area contributed by atoms with Crippen molar-refractivity contribution in [3.8, 4) is 0 Å². The molecule has 0 aliphatic rings. The molecule has 0 aromatic carbocycles. The third kappa shape index (κ3) is 3.94. The van der Waals surface area contributed by atoms with Gasteiger partial charge in [0.05, 0.1) is 15.7 Å². The first-order valence-corrected chi connectivity index (χ1v) is 8.03. The minimum atomic E-state index is 0.836. The van der Waals surface area contributed by atoms with Crippen LogP contribution in [0.5, 0.6) is 0 Å². The van der Waals surface area contributed by atoms with Gasteiger partial charge in [0, 0.05) is 24.5 Å². The zero-order valence-corrected chi connectivity index (χ0v) is 13.6. The molecule has 0 unspecified atom stereocenters. The third-order valence-corrected chi connectivity index (χ3v) is 4.55. The molecule has 1 N–H and O–H groups in total. The predicted octanol–water partition coefficient (Wildman–Crippen LogP) is 4.36. The number of nitrogens with zero attached hydrogens (tertiary/aromatic N) is 2. The Morgan fingerprint density at radius 2 is 2.00 bits per heavy atom. The summed E-state index contributed by atoms with van der Waals surface area (Å²) in [5.41, 5.74) is 1.06. The molecule has 0 radical (unpaired) electrons. The van der Waals surface area contributed by atoms with Crippen LogP contribution in [0.3, 0.4) is 0 Å². The Kier molecular flexibility index (Phi) is 5.22. The molecule has 2 aromatic rings. The Balaban J connectivity index is 1.95. The number of anilines is 2. The number of halogens is 1. The van der Waals surface area contributed by atoms with Crippen LogP contribution in [0.1, 0.15) is 18.7 Å². The lowest BCUT2D eigenvalue weighted by Crippen LogP contribution is -2.22. The molecular formula is C14H18BrN3S. The maximum absolute atomic E-state index is 4.50. The van der Waals surface area contributed by atoms with E-state index in [1.807, 2.05) is 6.20 Å². The molecule has 0 atom stereocenters. The zero-order chi connectivity index (χ0) is 13.7. The molecule has 102 valence electrons. The maximum atomic E-state index is 4.50.